The molecule has 76 valence electrons. The molecular weight excluding hydrogens is 172 g/mol. The minimum Gasteiger partial charge on any atom is -0.334 e. The Labute approximate surface area is 86.3 Å². The summed E-state index contributed by atoms with van der Waals surface area (Å²) in [5.74, 6) is 1.03. The van der Waals surface area contributed by atoms with Crippen molar-refractivity contribution in [3.63, 3.8) is 0 Å². The molecule has 0 N–H and O–H groups in total. The molecular formula is C12H18N2. The quantitative estimate of drug-likeness (QED) is 0.517. The summed E-state index contributed by atoms with van der Waals surface area (Å²) < 4.78 is 0. The predicted octanol–water partition coefficient (Wildman–Crippen LogP) is 2.73. The number of hydrogen-bond acceptors (Lipinski definition) is 1. The molecule has 0 saturated carbocycles. The lowest BCUT2D eigenvalue weighted by Gasteiger charge is -2.19. The maximum atomic E-state index is 4.16. The summed E-state index contributed by atoms with van der Waals surface area (Å²) in [6.07, 6.45) is 1.07. The summed E-state index contributed by atoms with van der Waals surface area (Å²) in [5, 5.41) is 0. The Hall–Kier alpha value is -1.31. The van der Waals surface area contributed by atoms with Crippen molar-refractivity contribution in [2.45, 2.75) is 20.3 Å². The molecule has 0 fully saturated rings. The van der Waals surface area contributed by atoms with Crippen LogP contribution in [0.3, 0.4) is 0 Å². The summed E-state index contributed by atoms with van der Waals surface area (Å²) in [6.45, 7) is 4.18. The van der Waals surface area contributed by atoms with Crippen molar-refractivity contribution in [2.75, 3.05) is 19.0 Å². The van der Waals surface area contributed by atoms with E-state index >= 15 is 0 Å². The molecule has 0 aromatic heterocycles. The van der Waals surface area contributed by atoms with E-state index in [-0.39, 0.29) is 0 Å². The van der Waals surface area contributed by atoms with E-state index in [9.17, 15) is 0 Å². The summed E-state index contributed by atoms with van der Waals surface area (Å²) in [6, 6.07) is 8.55. The first-order chi connectivity index (χ1) is 6.69. The molecule has 2 heteroatoms. The third-order valence-electron chi connectivity index (χ3n) is 2.52. The van der Waals surface area contributed by atoms with E-state index in [1.807, 2.05) is 21.0 Å². The van der Waals surface area contributed by atoms with Gasteiger partial charge in [0.2, 0.25) is 0 Å². The summed E-state index contributed by atoms with van der Waals surface area (Å²) in [5.41, 5.74) is 2.56. The fourth-order valence-corrected chi connectivity index (χ4v) is 1.32. The van der Waals surface area contributed by atoms with Crippen LogP contribution in [-0.4, -0.2) is 19.9 Å². The number of anilines is 1. The molecule has 0 saturated heterocycles. The topological polar surface area (TPSA) is 15.6 Å². The Morgan fingerprint density at radius 3 is 2.71 bits per heavy atom. The minimum atomic E-state index is 1.03. The van der Waals surface area contributed by atoms with Crippen LogP contribution in [0.2, 0.25) is 0 Å². The van der Waals surface area contributed by atoms with Crippen molar-refractivity contribution in [2.24, 2.45) is 4.99 Å². The Morgan fingerprint density at radius 1 is 1.43 bits per heavy atom. The smallest absolute Gasteiger partial charge is 0.0995 e. The standard InChI is InChI=1S/C12H18N2/c1-5-11-7-6-8-12(9-11)14(4)10(2)13-3/h6-9H,5H2,1-4H3. The van der Waals surface area contributed by atoms with E-state index < -0.39 is 0 Å². The molecule has 0 unspecified atom stereocenters. The third-order valence-corrected chi connectivity index (χ3v) is 2.52. The van der Waals surface area contributed by atoms with Gasteiger partial charge in [0, 0.05) is 19.8 Å². The molecule has 0 amide bonds. The van der Waals surface area contributed by atoms with E-state index in [0.717, 1.165) is 12.3 Å². The van der Waals surface area contributed by atoms with Gasteiger partial charge >= 0.3 is 0 Å². The number of rotatable bonds is 2. The molecule has 0 aliphatic carbocycles. The van der Waals surface area contributed by atoms with Crippen molar-refractivity contribution < 1.29 is 0 Å². The van der Waals surface area contributed by atoms with Gasteiger partial charge in [-0.2, -0.15) is 0 Å². The molecule has 0 spiro atoms. The van der Waals surface area contributed by atoms with Crippen molar-refractivity contribution in [1.29, 1.82) is 0 Å². The summed E-state index contributed by atoms with van der Waals surface area (Å²) in [4.78, 5) is 6.26. The van der Waals surface area contributed by atoms with Gasteiger partial charge in [0.1, 0.15) is 0 Å². The van der Waals surface area contributed by atoms with E-state index in [2.05, 4.69) is 41.1 Å². The molecule has 0 aliphatic heterocycles. The fraction of sp³-hybridized carbons (Fsp3) is 0.417. The Morgan fingerprint density at radius 2 is 2.14 bits per heavy atom. The predicted molar refractivity (Wildman–Crippen MR) is 63.3 cm³/mol. The van der Waals surface area contributed by atoms with Gasteiger partial charge in [0.25, 0.3) is 0 Å². The van der Waals surface area contributed by atoms with E-state index in [0.29, 0.717) is 0 Å². The maximum Gasteiger partial charge on any atom is 0.0995 e. The number of aliphatic imine (C=N–C) groups is 1. The molecule has 0 aliphatic rings. The van der Waals surface area contributed by atoms with Gasteiger partial charge in [0.05, 0.1) is 5.84 Å². The van der Waals surface area contributed by atoms with Crippen molar-refractivity contribution >= 4 is 11.5 Å². The zero-order chi connectivity index (χ0) is 10.6. The van der Waals surface area contributed by atoms with Gasteiger partial charge < -0.3 is 4.90 Å². The summed E-state index contributed by atoms with van der Waals surface area (Å²) in [7, 11) is 3.85. The summed E-state index contributed by atoms with van der Waals surface area (Å²) >= 11 is 0. The highest BCUT2D eigenvalue weighted by molar-refractivity contribution is 5.95. The second-order valence-corrected chi connectivity index (χ2v) is 3.35. The average Bonchev–Trinajstić information content (AvgIpc) is 2.27. The van der Waals surface area contributed by atoms with Gasteiger partial charge in [-0.1, -0.05) is 19.1 Å². The van der Waals surface area contributed by atoms with E-state index in [1.165, 1.54) is 11.3 Å². The molecule has 0 bridgehead atoms. The van der Waals surface area contributed by atoms with Crippen molar-refractivity contribution in [3.8, 4) is 0 Å². The van der Waals surface area contributed by atoms with Crippen LogP contribution in [-0.2, 0) is 6.42 Å². The number of amidine groups is 1. The lowest BCUT2D eigenvalue weighted by Crippen LogP contribution is -2.23. The maximum absolute atomic E-state index is 4.16. The van der Waals surface area contributed by atoms with Gasteiger partial charge in [-0.3, -0.25) is 4.99 Å². The van der Waals surface area contributed by atoms with Crippen LogP contribution in [0.15, 0.2) is 29.3 Å². The lowest BCUT2D eigenvalue weighted by atomic mass is 10.1. The number of aryl methyl sites for hydroxylation is 1. The molecule has 1 aromatic carbocycles. The van der Waals surface area contributed by atoms with Crippen LogP contribution in [0.25, 0.3) is 0 Å². The zero-order valence-corrected chi connectivity index (χ0v) is 9.41. The normalized spacial score (nSPS) is 11.6. The van der Waals surface area contributed by atoms with Gasteiger partial charge in [-0.25, -0.2) is 0 Å². The number of hydrogen-bond donors (Lipinski definition) is 0. The van der Waals surface area contributed by atoms with Crippen LogP contribution in [0.5, 0.6) is 0 Å². The first-order valence-electron chi connectivity index (χ1n) is 4.95. The van der Waals surface area contributed by atoms with Crippen molar-refractivity contribution in [3.05, 3.63) is 29.8 Å². The first kappa shape index (κ1) is 10.8. The van der Waals surface area contributed by atoms with Crippen LogP contribution in [0.1, 0.15) is 19.4 Å². The Kier molecular flexibility index (Phi) is 3.69. The van der Waals surface area contributed by atoms with E-state index in [4.69, 9.17) is 0 Å². The van der Waals surface area contributed by atoms with Gasteiger partial charge in [-0.05, 0) is 31.0 Å². The monoisotopic (exact) mass is 190 g/mol. The first-order valence-corrected chi connectivity index (χ1v) is 4.95. The van der Waals surface area contributed by atoms with Crippen LogP contribution in [0, 0.1) is 0 Å². The zero-order valence-electron chi connectivity index (χ0n) is 9.41. The molecule has 1 rings (SSSR count). The highest BCUT2D eigenvalue weighted by Gasteiger charge is 2.02. The van der Waals surface area contributed by atoms with Gasteiger partial charge in [-0.15, -0.1) is 0 Å². The third kappa shape index (κ3) is 2.34. The second-order valence-electron chi connectivity index (χ2n) is 3.35. The van der Waals surface area contributed by atoms with Crippen LogP contribution >= 0.6 is 0 Å². The van der Waals surface area contributed by atoms with Crippen LogP contribution < -0.4 is 4.90 Å². The minimum absolute atomic E-state index is 1.03. The highest BCUT2D eigenvalue weighted by atomic mass is 15.2. The average molecular weight is 190 g/mol. The largest absolute Gasteiger partial charge is 0.334 e. The molecule has 1 aromatic rings. The Bertz CT molecular complexity index is 329. The molecule has 2 nitrogen and oxygen atoms in total. The highest BCUT2D eigenvalue weighted by Crippen LogP contribution is 2.15. The number of nitrogens with zero attached hydrogens (tertiary/aromatic N) is 2. The molecule has 0 atom stereocenters. The van der Waals surface area contributed by atoms with Crippen LogP contribution in [0.4, 0.5) is 5.69 Å². The fourth-order valence-electron chi connectivity index (χ4n) is 1.32. The lowest BCUT2D eigenvalue weighted by molar-refractivity contribution is 1.13. The molecule has 14 heavy (non-hydrogen) atoms. The molecule has 0 radical (unpaired) electrons. The van der Waals surface area contributed by atoms with E-state index in [1.54, 1.807) is 0 Å². The second kappa shape index (κ2) is 4.80. The van der Waals surface area contributed by atoms with Gasteiger partial charge in [0.15, 0.2) is 0 Å². The molecule has 0 heterocycles. The SMILES string of the molecule is CCc1cccc(N(C)C(C)=NC)c1. The van der Waals surface area contributed by atoms with Crippen molar-refractivity contribution in [1.82, 2.24) is 0 Å². The Balaban J connectivity index is 2.95. The number of benzene rings is 1.